The highest BCUT2D eigenvalue weighted by atomic mass is 35.5. The van der Waals surface area contributed by atoms with E-state index in [1.807, 2.05) is 0 Å². The van der Waals surface area contributed by atoms with Crippen molar-refractivity contribution < 1.29 is 14.4 Å². The molecule has 2 bridgehead atoms. The molecule has 0 radical (unpaired) electrons. The van der Waals surface area contributed by atoms with Crippen LogP contribution in [0.5, 0.6) is 0 Å². The first kappa shape index (κ1) is 16.3. The van der Waals surface area contributed by atoms with Crippen molar-refractivity contribution in [3.8, 4) is 0 Å². The quantitative estimate of drug-likeness (QED) is 0.637. The Morgan fingerprint density at radius 2 is 1.69 bits per heavy atom. The van der Waals surface area contributed by atoms with Crippen LogP contribution in [-0.2, 0) is 14.4 Å². The summed E-state index contributed by atoms with van der Waals surface area (Å²) < 4.78 is 0. The average molecular weight is 391 g/mol. The number of benzene rings is 1. The molecule has 1 aromatic rings. The van der Waals surface area contributed by atoms with Crippen LogP contribution in [-0.4, -0.2) is 29.2 Å². The Labute approximate surface area is 160 Å². The zero-order valence-corrected chi connectivity index (χ0v) is 15.2. The first-order chi connectivity index (χ1) is 12.5. The number of anilines is 1. The van der Waals surface area contributed by atoms with Gasteiger partial charge in [-0.25, -0.2) is 0 Å². The normalized spacial score (nSPS) is 36.2. The van der Waals surface area contributed by atoms with Crippen LogP contribution in [0.2, 0.25) is 10.0 Å². The van der Waals surface area contributed by atoms with Crippen LogP contribution in [0.3, 0.4) is 0 Å². The van der Waals surface area contributed by atoms with E-state index < -0.39 is 5.91 Å². The Hall–Kier alpha value is -1.85. The fourth-order valence-corrected chi connectivity index (χ4v) is 5.55. The molecule has 1 aromatic carbocycles. The lowest BCUT2D eigenvalue weighted by Crippen LogP contribution is -2.40. The van der Waals surface area contributed by atoms with Crippen molar-refractivity contribution in [3.05, 3.63) is 40.4 Å². The van der Waals surface area contributed by atoms with Crippen molar-refractivity contribution >= 4 is 46.6 Å². The fourth-order valence-electron chi connectivity index (χ4n) is 5.10. The van der Waals surface area contributed by atoms with Crippen molar-refractivity contribution in [1.29, 1.82) is 0 Å². The number of hydrogen-bond donors (Lipinski definition) is 1. The smallest absolute Gasteiger partial charge is 0.244 e. The number of imide groups is 1. The molecular weight excluding hydrogens is 375 g/mol. The molecular formula is C19H16Cl2N2O3. The first-order valence-corrected chi connectivity index (χ1v) is 9.50. The molecule has 6 atom stereocenters. The van der Waals surface area contributed by atoms with Crippen molar-refractivity contribution in [2.24, 2.45) is 35.5 Å². The SMILES string of the molecule is O=C(CN1C(=O)[C@H]2[C@@H]3C=C[C@H]([C@H]4C[C@H]34)[C@@H]2C1=O)Nc1ccc(Cl)cc1Cl. The topological polar surface area (TPSA) is 66.5 Å². The van der Waals surface area contributed by atoms with Crippen LogP contribution in [0.4, 0.5) is 5.69 Å². The summed E-state index contributed by atoms with van der Waals surface area (Å²) in [7, 11) is 0. The Morgan fingerprint density at radius 3 is 2.27 bits per heavy atom. The summed E-state index contributed by atoms with van der Waals surface area (Å²) in [5.41, 5.74) is 0.403. The molecule has 3 amide bonds. The Kier molecular flexibility index (Phi) is 3.50. The predicted octanol–water partition coefficient (Wildman–Crippen LogP) is 2.99. The van der Waals surface area contributed by atoms with E-state index >= 15 is 0 Å². The third-order valence-corrected chi connectivity index (χ3v) is 6.81. The molecule has 0 spiro atoms. The van der Waals surface area contributed by atoms with Gasteiger partial charge in [0.1, 0.15) is 6.54 Å². The van der Waals surface area contributed by atoms with E-state index in [2.05, 4.69) is 17.5 Å². The number of allylic oxidation sites excluding steroid dienone is 2. The number of nitrogens with zero attached hydrogens (tertiary/aromatic N) is 1. The maximum absolute atomic E-state index is 12.9. The first-order valence-electron chi connectivity index (χ1n) is 8.74. The van der Waals surface area contributed by atoms with Gasteiger partial charge >= 0.3 is 0 Å². The number of carbonyl (C=O) groups excluding carboxylic acids is 3. The maximum Gasteiger partial charge on any atom is 0.244 e. The average Bonchev–Trinajstić information content (AvgIpc) is 3.39. The number of amides is 3. The maximum atomic E-state index is 12.9. The summed E-state index contributed by atoms with van der Waals surface area (Å²) in [5.74, 6) is -0.0183. The van der Waals surface area contributed by atoms with Crippen LogP contribution in [0.15, 0.2) is 30.4 Å². The van der Waals surface area contributed by atoms with E-state index in [1.165, 1.54) is 6.07 Å². The lowest BCUT2D eigenvalue weighted by molar-refractivity contribution is -0.142. The summed E-state index contributed by atoms with van der Waals surface area (Å²) in [6, 6.07) is 4.72. The molecule has 3 fully saturated rings. The standard InChI is InChI=1S/C19H16Cl2N2O3/c20-8-1-4-14(13(21)5-8)22-15(24)7-23-18(25)16-9-2-3-10(12-6-11(9)12)17(16)19(23)26/h1-5,9-12,16-17H,6-7H2,(H,22,24)/t9-,10-,11-,12-,16+,17+/m1/s1. The van der Waals surface area contributed by atoms with Gasteiger partial charge in [0, 0.05) is 5.02 Å². The van der Waals surface area contributed by atoms with Crippen LogP contribution in [0.25, 0.3) is 0 Å². The van der Waals surface area contributed by atoms with Crippen molar-refractivity contribution in [2.75, 3.05) is 11.9 Å². The molecule has 0 unspecified atom stereocenters. The van der Waals surface area contributed by atoms with Gasteiger partial charge in [0.25, 0.3) is 0 Å². The number of rotatable bonds is 3. The number of carbonyl (C=O) groups is 3. The van der Waals surface area contributed by atoms with Gasteiger partial charge in [-0.15, -0.1) is 0 Å². The Bertz CT molecular complexity index is 848. The molecule has 6 rings (SSSR count). The number of likely N-dealkylation sites (tertiary alicyclic amines) is 1. The fraction of sp³-hybridized carbons (Fsp3) is 0.421. The van der Waals surface area contributed by atoms with E-state index in [9.17, 15) is 14.4 Å². The van der Waals surface area contributed by atoms with E-state index in [4.69, 9.17) is 23.2 Å². The van der Waals surface area contributed by atoms with Gasteiger partial charge < -0.3 is 5.32 Å². The summed E-state index contributed by atoms with van der Waals surface area (Å²) in [4.78, 5) is 39.2. The van der Waals surface area contributed by atoms with Gasteiger partial charge in [-0.05, 0) is 48.3 Å². The minimum absolute atomic E-state index is 0.158. The number of halogens is 2. The molecule has 134 valence electrons. The molecule has 1 aliphatic heterocycles. The van der Waals surface area contributed by atoms with Gasteiger partial charge in [0.05, 0.1) is 22.5 Å². The Balaban J connectivity index is 1.33. The summed E-state index contributed by atoms with van der Waals surface area (Å²) in [5, 5.41) is 3.42. The van der Waals surface area contributed by atoms with E-state index in [-0.39, 0.29) is 42.0 Å². The van der Waals surface area contributed by atoms with Crippen LogP contribution < -0.4 is 5.32 Å². The monoisotopic (exact) mass is 390 g/mol. The molecule has 5 nitrogen and oxygen atoms in total. The second-order valence-electron chi connectivity index (χ2n) is 7.59. The summed E-state index contributed by atoms with van der Waals surface area (Å²) in [6.45, 7) is -0.279. The van der Waals surface area contributed by atoms with E-state index in [0.29, 0.717) is 27.6 Å². The van der Waals surface area contributed by atoms with Gasteiger partial charge in [0.15, 0.2) is 0 Å². The zero-order chi connectivity index (χ0) is 18.2. The highest BCUT2D eigenvalue weighted by Gasteiger charge is 2.67. The second-order valence-corrected chi connectivity index (χ2v) is 8.43. The molecule has 1 N–H and O–H groups in total. The predicted molar refractivity (Wildman–Crippen MR) is 96.5 cm³/mol. The molecule has 5 aliphatic rings. The highest BCUT2D eigenvalue weighted by Crippen LogP contribution is 2.65. The lowest BCUT2D eigenvalue weighted by Gasteiger charge is -2.37. The number of hydrogen-bond acceptors (Lipinski definition) is 3. The lowest BCUT2D eigenvalue weighted by atomic mass is 9.63. The van der Waals surface area contributed by atoms with Crippen molar-refractivity contribution in [2.45, 2.75) is 6.42 Å². The van der Waals surface area contributed by atoms with Gasteiger partial charge in [-0.2, -0.15) is 0 Å². The molecule has 1 heterocycles. The van der Waals surface area contributed by atoms with Crippen LogP contribution >= 0.6 is 23.2 Å². The van der Waals surface area contributed by atoms with E-state index in [0.717, 1.165) is 11.3 Å². The minimum Gasteiger partial charge on any atom is -0.323 e. The van der Waals surface area contributed by atoms with Crippen molar-refractivity contribution in [1.82, 2.24) is 4.90 Å². The third kappa shape index (κ3) is 2.26. The highest BCUT2D eigenvalue weighted by molar-refractivity contribution is 6.36. The molecule has 26 heavy (non-hydrogen) atoms. The second kappa shape index (κ2) is 5.57. The number of nitrogens with one attached hydrogen (secondary N) is 1. The molecule has 2 saturated carbocycles. The Morgan fingerprint density at radius 1 is 1.08 bits per heavy atom. The minimum atomic E-state index is -0.444. The molecule has 1 saturated heterocycles. The summed E-state index contributed by atoms with van der Waals surface area (Å²) >= 11 is 11.9. The summed E-state index contributed by atoms with van der Waals surface area (Å²) in [6.07, 6.45) is 5.34. The largest absolute Gasteiger partial charge is 0.323 e. The van der Waals surface area contributed by atoms with Gasteiger partial charge in [-0.1, -0.05) is 35.4 Å². The van der Waals surface area contributed by atoms with Crippen LogP contribution in [0.1, 0.15) is 6.42 Å². The molecule has 4 aliphatic carbocycles. The third-order valence-electron chi connectivity index (χ3n) is 6.26. The van der Waals surface area contributed by atoms with Gasteiger partial charge in [-0.3, -0.25) is 19.3 Å². The molecule has 7 heteroatoms. The van der Waals surface area contributed by atoms with Crippen molar-refractivity contribution in [3.63, 3.8) is 0 Å². The van der Waals surface area contributed by atoms with Gasteiger partial charge in [0.2, 0.25) is 17.7 Å². The molecule has 0 aromatic heterocycles. The van der Waals surface area contributed by atoms with E-state index in [1.54, 1.807) is 12.1 Å². The zero-order valence-electron chi connectivity index (χ0n) is 13.7. The van der Waals surface area contributed by atoms with Crippen LogP contribution in [0, 0.1) is 35.5 Å².